The third-order valence-corrected chi connectivity index (χ3v) is 6.81. The van der Waals surface area contributed by atoms with Gasteiger partial charge in [-0.25, -0.2) is 0 Å². The van der Waals surface area contributed by atoms with Crippen molar-refractivity contribution in [1.82, 2.24) is 25.0 Å². The number of rotatable bonds is 9. The number of aryl methyl sites for hydroxylation is 1. The average Bonchev–Trinajstić information content (AvgIpc) is 3.40. The molecule has 2 aliphatic rings. The number of amides is 2. The smallest absolute Gasteiger partial charge is 0.223 e. The van der Waals surface area contributed by atoms with E-state index in [-0.39, 0.29) is 17.7 Å². The van der Waals surface area contributed by atoms with E-state index in [1.807, 2.05) is 11.8 Å². The van der Waals surface area contributed by atoms with Crippen molar-refractivity contribution >= 4 is 23.6 Å². The van der Waals surface area contributed by atoms with Gasteiger partial charge >= 0.3 is 0 Å². The van der Waals surface area contributed by atoms with E-state index < -0.39 is 0 Å². The van der Waals surface area contributed by atoms with Crippen LogP contribution >= 0.6 is 11.8 Å². The van der Waals surface area contributed by atoms with Crippen molar-refractivity contribution in [2.75, 3.05) is 25.9 Å². The van der Waals surface area contributed by atoms with Gasteiger partial charge in [0.15, 0.2) is 5.16 Å². The fourth-order valence-corrected chi connectivity index (χ4v) is 5.09. The number of hydrogen-bond donors (Lipinski definition) is 1. The van der Waals surface area contributed by atoms with Gasteiger partial charge in [-0.3, -0.25) is 9.59 Å². The minimum atomic E-state index is 0.0333. The van der Waals surface area contributed by atoms with Crippen molar-refractivity contribution in [3.05, 3.63) is 5.82 Å². The molecule has 8 heteroatoms. The molecule has 2 heterocycles. The number of piperidine rings is 1. The Labute approximate surface area is 178 Å². The van der Waals surface area contributed by atoms with E-state index in [9.17, 15) is 9.59 Å². The zero-order valence-electron chi connectivity index (χ0n) is 17.9. The van der Waals surface area contributed by atoms with Gasteiger partial charge in [0.05, 0.1) is 0 Å². The molecule has 0 spiro atoms. The summed E-state index contributed by atoms with van der Waals surface area (Å²) in [5.41, 5.74) is 0. The van der Waals surface area contributed by atoms with Crippen molar-refractivity contribution < 1.29 is 9.59 Å². The van der Waals surface area contributed by atoms with Crippen LogP contribution in [-0.4, -0.2) is 57.4 Å². The fraction of sp³-hybridized carbons (Fsp3) is 0.810. The molecule has 7 nitrogen and oxygen atoms in total. The standard InChI is InChI=1S/C21H35N5O2S/c1-3-7-19(27)25-14-11-16(12-15-25)20(28)22-13-6-10-18-23-24-21(29-2)26(18)17-8-4-5-9-17/h16-17H,3-15H2,1-2H3,(H,22,28). The first-order valence-corrected chi connectivity index (χ1v) is 12.4. The van der Waals surface area contributed by atoms with Crippen LogP contribution in [0.15, 0.2) is 5.16 Å². The van der Waals surface area contributed by atoms with Gasteiger partial charge in [0.25, 0.3) is 0 Å². The lowest BCUT2D eigenvalue weighted by atomic mass is 9.95. The van der Waals surface area contributed by atoms with Crippen molar-refractivity contribution in [1.29, 1.82) is 0 Å². The second kappa shape index (κ2) is 11.0. The first-order chi connectivity index (χ1) is 14.1. The van der Waals surface area contributed by atoms with Crippen LogP contribution in [0.3, 0.4) is 0 Å². The Balaban J connectivity index is 1.40. The number of thioether (sulfide) groups is 1. The average molecular weight is 422 g/mol. The van der Waals surface area contributed by atoms with Crippen LogP contribution < -0.4 is 5.32 Å². The molecule has 1 saturated heterocycles. The van der Waals surface area contributed by atoms with E-state index >= 15 is 0 Å². The quantitative estimate of drug-likeness (QED) is 0.489. The Hall–Kier alpha value is -1.57. The normalized spacial score (nSPS) is 18.3. The molecule has 0 unspecified atom stereocenters. The lowest BCUT2D eigenvalue weighted by Crippen LogP contribution is -2.43. The fourth-order valence-electron chi connectivity index (χ4n) is 4.51. The van der Waals surface area contributed by atoms with Crippen LogP contribution in [-0.2, 0) is 16.0 Å². The molecule has 0 atom stereocenters. The Kier molecular flexibility index (Phi) is 8.39. The van der Waals surface area contributed by atoms with Crippen molar-refractivity contribution in [2.24, 2.45) is 5.92 Å². The highest BCUT2D eigenvalue weighted by Gasteiger charge is 2.27. The second-order valence-corrected chi connectivity index (χ2v) is 8.98. The van der Waals surface area contributed by atoms with E-state index in [1.54, 1.807) is 11.8 Å². The van der Waals surface area contributed by atoms with Crippen LogP contribution in [0, 0.1) is 5.92 Å². The first kappa shape index (κ1) is 22.1. The summed E-state index contributed by atoms with van der Waals surface area (Å²) in [7, 11) is 0. The zero-order valence-corrected chi connectivity index (χ0v) is 18.7. The molecular weight excluding hydrogens is 386 g/mol. The summed E-state index contributed by atoms with van der Waals surface area (Å²) in [6.45, 7) is 4.11. The van der Waals surface area contributed by atoms with Gasteiger partial charge in [-0.15, -0.1) is 10.2 Å². The van der Waals surface area contributed by atoms with E-state index in [1.165, 1.54) is 25.7 Å². The molecule has 2 fully saturated rings. The second-order valence-electron chi connectivity index (χ2n) is 8.21. The molecule has 0 bridgehead atoms. The molecule has 1 aromatic heterocycles. The molecule has 1 aliphatic heterocycles. The van der Waals surface area contributed by atoms with Gasteiger partial charge in [-0.05, 0) is 44.8 Å². The van der Waals surface area contributed by atoms with Crippen molar-refractivity contribution in [3.8, 4) is 0 Å². The molecular formula is C21H35N5O2S. The Bertz CT molecular complexity index is 679. The third-order valence-electron chi connectivity index (χ3n) is 6.17. The topological polar surface area (TPSA) is 80.1 Å². The van der Waals surface area contributed by atoms with E-state index in [0.717, 1.165) is 43.1 Å². The SMILES string of the molecule is CCCC(=O)N1CCC(C(=O)NCCCc2nnc(SC)n2C2CCCC2)CC1. The number of carbonyl (C=O) groups excluding carboxylic acids is 2. The summed E-state index contributed by atoms with van der Waals surface area (Å²) >= 11 is 1.66. The minimum Gasteiger partial charge on any atom is -0.356 e. The number of carbonyl (C=O) groups is 2. The van der Waals surface area contributed by atoms with Gasteiger partial charge in [-0.1, -0.05) is 31.5 Å². The molecule has 29 heavy (non-hydrogen) atoms. The Morgan fingerprint density at radius 2 is 1.86 bits per heavy atom. The Morgan fingerprint density at radius 1 is 1.14 bits per heavy atom. The third kappa shape index (κ3) is 5.74. The molecule has 1 aromatic rings. The van der Waals surface area contributed by atoms with Gasteiger partial charge in [0.2, 0.25) is 11.8 Å². The molecule has 2 amide bonds. The highest BCUT2D eigenvalue weighted by molar-refractivity contribution is 7.98. The molecule has 0 radical (unpaired) electrons. The predicted molar refractivity (Wildman–Crippen MR) is 115 cm³/mol. The van der Waals surface area contributed by atoms with Gasteiger partial charge in [-0.2, -0.15) is 0 Å². The van der Waals surface area contributed by atoms with E-state index in [2.05, 4.69) is 26.3 Å². The van der Waals surface area contributed by atoms with Crippen LogP contribution in [0.4, 0.5) is 0 Å². The lowest BCUT2D eigenvalue weighted by Gasteiger charge is -2.31. The van der Waals surface area contributed by atoms with Crippen LogP contribution in [0.25, 0.3) is 0 Å². The summed E-state index contributed by atoms with van der Waals surface area (Å²) in [6, 6.07) is 0.539. The van der Waals surface area contributed by atoms with Gasteiger partial charge < -0.3 is 14.8 Å². The Morgan fingerprint density at radius 3 is 2.52 bits per heavy atom. The molecule has 3 rings (SSSR count). The maximum Gasteiger partial charge on any atom is 0.223 e. The number of nitrogens with one attached hydrogen (secondary N) is 1. The monoisotopic (exact) mass is 421 g/mol. The molecule has 0 aromatic carbocycles. The van der Waals surface area contributed by atoms with Crippen LogP contribution in [0.5, 0.6) is 0 Å². The highest BCUT2D eigenvalue weighted by atomic mass is 32.2. The largest absolute Gasteiger partial charge is 0.356 e. The van der Waals surface area contributed by atoms with E-state index in [4.69, 9.17) is 0 Å². The summed E-state index contributed by atoms with van der Waals surface area (Å²) in [5, 5.41) is 12.9. The maximum atomic E-state index is 12.5. The zero-order chi connectivity index (χ0) is 20.6. The number of likely N-dealkylation sites (tertiary alicyclic amines) is 1. The maximum absolute atomic E-state index is 12.5. The van der Waals surface area contributed by atoms with Gasteiger partial charge in [0, 0.05) is 44.4 Å². The summed E-state index contributed by atoms with van der Waals surface area (Å²) in [4.78, 5) is 26.4. The lowest BCUT2D eigenvalue weighted by molar-refractivity contribution is -0.135. The van der Waals surface area contributed by atoms with Crippen molar-refractivity contribution in [2.45, 2.75) is 82.3 Å². The number of nitrogens with zero attached hydrogens (tertiary/aromatic N) is 4. The molecule has 1 N–H and O–H groups in total. The molecule has 1 aliphatic carbocycles. The first-order valence-electron chi connectivity index (χ1n) is 11.2. The summed E-state index contributed by atoms with van der Waals surface area (Å²) < 4.78 is 2.34. The molecule has 162 valence electrons. The van der Waals surface area contributed by atoms with Crippen LogP contribution in [0.2, 0.25) is 0 Å². The summed E-state index contributed by atoms with van der Waals surface area (Å²) in [6.07, 6.45) is 11.8. The minimum absolute atomic E-state index is 0.0333. The highest BCUT2D eigenvalue weighted by Crippen LogP contribution is 2.33. The van der Waals surface area contributed by atoms with Crippen molar-refractivity contribution in [3.63, 3.8) is 0 Å². The van der Waals surface area contributed by atoms with Gasteiger partial charge in [0.1, 0.15) is 5.82 Å². The van der Waals surface area contributed by atoms with E-state index in [0.29, 0.717) is 32.1 Å². The summed E-state index contributed by atoms with van der Waals surface area (Å²) in [5.74, 6) is 1.45. The van der Waals surface area contributed by atoms with Crippen LogP contribution in [0.1, 0.15) is 76.6 Å². The number of hydrogen-bond acceptors (Lipinski definition) is 5. The predicted octanol–water partition coefficient (Wildman–Crippen LogP) is 3.20. The molecule has 1 saturated carbocycles. The number of aromatic nitrogens is 3.